The fourth-order valence-corrected chi connectivity index (χ4v) is 3.95. The fraction of sp³-hybridized carbons (Fsp3) is 0.412. The molecule has 0 saturated heterocycles. The van der Waals surface area contributed by atoms with Crippen LogP contribution < -0.4 is 5.32 Å². The number of thiophene rings is 1. The molecule has 116 valence electrons. The van der Waals surface area contributed by atoms with Gasteiger partial charge in [-0.05, 0) is 30.0 Å². The van der Waals surface area contributed by atoms with Crippen molar-refractivity contribution in [1.82, 2.24) is 15.2 Å². The van der Waals surface area contributed by atoms with Crippen molar-refractivity contribution in [3.05, 3.63) is 51.0 Å². The molecule has 1 amide bonds. The molecule has 4 nitrogen and oxygen atoms in total. The number of amides is 1. The summed E-state index contributed by atoms with van der Waals surface area (Å²) < 4.78 is 0. The number of rotatable bonds is 4. The zero-order chi connectivity index (χ0) is 15.5. The highest BCUT2D eigenvalue weighted by Gasteiger charge is 2.23. The summed E-state index contributed by atoms with van der Waals surface area (Å²) in [5.74, 6) is 0.0303. The van der Waals surface area contributed by atoms with Crippen molar-refractivity contribution in [2.75, 3.05) is 13.6 Å². The number of hydrogen-bond donors (Lipinski definition) is 1. The van der Waals surface area contributed by atoms with Gasteiger partial charge in [-0.2, -0.15) is 0 Å². The lowest BCUT2D eigenvalue weighted by atomic mass is 10.0. The molecule has 0 atom stereocenters. The first-order chi connectivity index (χ1) is 10.7. The van der Waals surface area contributed by atoms with Crippen LogP contribution in [0, 0.1) is 0 Å². The first-order valence-corrected chi connectivity index (χ1v) is 8.56. The van der Waals surface area contributed by atoms with Gasteiger partial charge in [0.15, 0.2) is 0 Å². The number of nitrogens with zero attached hydrogens (tertiary/aromatic N) is 2. The number of pyridine rings is 1. The maximum atomic E-state index is 11.9. The number of carbonyl (C=O) groups is 1. The van der Waals surface area contributed by atoms with Gasteiger partial charge in [-0.3, -0.25) is 14.7 Å². The molecule has 3 rings (SSSR count). The molecule has 0 radical (unpaired) electrons. The van der Waals surface area contributed by atoms with Crippen LogP contribution in [0.5, 0.6) is 0 Å². The molecule has 0 aromatic carbocycles. The van der Waals surface area contributed by atoms with Crippen molar-refractivity contribution in [2.24, 2.45) is 0 Å². The lowest BCUT2D eigenvalue weighted by molar-refractivity contribution is 0.0961. The highest BCUT2D eigenvalue weighted by Crippen LogP contribution is 2.29. The molecular weight excluding hydrogens is 294 g/mol. The Labute approximate surface area is 135 Å². The van der Waals surface area contributed by atoms with E-state index in [2.05, 4.69) is 34.3 Å². The molecule has 0 unspecified atom stereocenters. The Hall–Kier alpha value is -1.72. The second kappa shape index (κ2) is 6.58. The zero-order valence-electron chi connectivity index (χ0n) is 13.1. The molecule has 0 aliphatic carbocycles. The number of hydrogen-bond acceptors (Lipinski definition) is 4. The summed E-state index contributed by atoms with van der Waals surface area (Å²) in [6.45, 7) is 4.90. The maximum absolute atomic E-state index is 11.9. The SMILES string of the molecule is CCc1ccc(CN2CCc3c(C(=O)NC)csc3C2)nc1. The fourth-order valence-electron chi connectivity index (χ4n) is 2.83. The van der Waals surface area contributed by atoms with Crippen LogP contribution in [0.1, 0.15) is 39.0 Å². The van der Waals surface area contributed by atoms with E-state index in [1.54, 1.807) is 18.4 Å². The van der Waals surface area contributed by atoms with Crippen molar-refractivity contribution in [3.63, 3.8) is 0 Å². The van der Waals surface area contributed by atoms with Gasteiger partial charge in [0.25, 0.3) is 5.91 Å². The van der Waals surface area contributed by atoms with E-state index in [-0.39, 0.29) is 5.91 Å². The molecule has 1 N–H and O–H groups in total. The van der Waals surface area contributed by atoms with Crippen LogP contribution in [0.3, 0.4) is 0 Å². The Balaban J connectivity index is 1.69. The summed E-state index contributed by atoms with van der Waals surface area (Å²) in [7, 11) is 1.69. The Morgan fingerprint density at radius 1 is 1.45 bits per heavy atom. The minimum atomic E-state index is 0.0303. The third-order valence-electron chi connectivity index (χ3n) is 4.18. The number of fused-ring (bicyclic) bond motifs is 1. The first-order valence-electron chi connectivity index (χ1n) is 7.68. The van der Waals surface area contributed by atoms with E-state index in [1.165, 1.54) is 16.0 Å². The highest BCUT2D eigenvalue weighted by molar-refractivity contribution is 7.10. The van der Waals surface area contributed by atoms with Gasteiger partial charge in [0.05, 0.1) is 11.3 Å². The molecule has 2 aromatic heterocycles. The lowest BCUT2D eigenvalue weighted by Crippen LogP contribution is -2.30. The van der Waals surface area contributed by atoms with Gasteiger partial charge in [0.1, 0.15) is 0 Å². The van der Waals surface area contributed by atoms with Gasteiger partial charge >= 0.3 is 0 Å². The van der Waals surface area contributed by atoms with Gasteiger partial charge in [0, 0.05) is 43.1 Å². The Bertz CT molecular complexity index is 663. The molecule has 0 bridgehead atoms. The van der Waals surface area contributed by atoms with Crippen LogP contribution in [0.4, 0.5) is 0 Å². The lowest BCUT2D eigenvalue weighted by Gasteiger charge is -2.26. The van der Waals surface area contributed by atoms with Crippen LogP contribution in [0.15, 0.2) is 23.7 Å². The molecule has 1 aliphatic heterocycles. The second-order valence-corrected chi connectivity index (χ2v) is 6.57. The van der Waals surface area contributed by atoms with Crippen LogP contribution in [-0.2, 0) is 25.9 Å². The van der Waals surface area contributed by atoms with Crippen LogP contribution in [0.2, 0.25) is 0 Å². The van der Waals surface area contributed by atoms with Crippen LogP contribution in [-0.4, -0.2) is 29.4 Å². The van der Waals surface area contributed by atoms with Crippen molar-refractivity contribution < 1.29 is 4.79 Å². The average molecular weight is 315 g/mol. The number of nitrogens with one attached hydrogen (secondary N) is 1. The molecule has 22 heavy (non-hydrogen) atoms. The van der Waals surface area contributed by atoms with Crippen molar-refractivity contribution in [2.45, 2.75) is 32.9 Å². The third kappa shape index (κ3) is 3.05. The molecule has 0 fully saturated rings. The van der Waals surface area contributed by atoms with E-state index in [0.717, 1.165) is 43.7 Å². The summed E-state index contributed by atoms with van der Waals surface area (Å²) in [5.41, 5.74) is 4.48. The predicted octanol–water partition coefficient (Wildman–Crippen LogP) is 2.62. The van der Waals surface area contributed by atoms with Gasteiger partial charge in [-0.15, -0.1) is 11.3 Å². The van der Waals surface area contributed by atoms with Crippen molar-refractivity contribution >= 4 is 17.2 Å². The van der Waals surface area contributed by atoms with Gasteiger partial charge in [0.2, 0.25) is 0 Å². The highest BCUT2D eigenvalue weighted by atomic mass is 32.1. The van der Waals surface area contributed by atoms with E-state index in [0.29, 0.717) is 0 Å². The monoisotopic (exact) mass is 315 g/mol. The average Bonchev–Trinajstić information content (AvgIpc) is 2.98. The molecule has 5 heteroatoms. The molecule has 3 heterocycles. The number of carbonyl (C=O) groups excluding carboxylic acids is 1. The van der Waals surface area contributed by atoms with E-state index in [4.69, 9.17) is 0 Å². The van der Waals surface area contributed by atoms with Crippen molar-refractivity contribution in [3.8, 4) is 0 Å². The van der Waals surface area contributed by atoms with Crippen LogP contribution in [0.25, 0.3) is 0 Å². The number of aromatic nitrogens is 1. The predicted molar refractivity (Wildman–Crippen MR) is 89.1 cm³/mol. The summed E-state index contributed by atoms with van der Waals surface area (Å²) in [5, 5.41) is 4.71. The van der Waals surface area contributed by atoms with Gasteiger partial charge in [-0.1, -0.05) is 13.0 Å². The Kier molecular flexibility index (Phi) is 4.55. The van der Waals surface area contributed by atoms with Crippen LogP contribution >= 0.6 is 11.3 Å². The molecular formula is C17H21N3OS. The topological polar surface area (TPSA) is 45.2 Å². The maximum Gasteiger partial charge on any atom is 0.252 e. The second-order valence-electron chi connectivity index (χ2n) is 5.60. The zero-order valence-corrected chi connectivity index (χ0v) is 13.9. The molecule has 0 saturated carbocycles. The Morgan fingerprint density at radius 3 is 3.00 bits per heavy atom. The summed E-state index contributed by atoms with van der Waals surface area (Å²) in [6.07, 6.45) is 3.94. The van der Waals surface area contributed by atoms with Gasteiger partial charge < -0.3 is 5.32 Å². The number of aryl methyl sites for hydroxylation is 1. The summed E-state index contributed by atoms with van der Waals surface area (Å²) in [6, 6.07) is 4.28. The Morgan fingerprint density at radius 2 is 2.32 bits per heavy atom. The summed E-state index contributed by atoms with van der Waals surface area (Å²) in [4.78, 5) is 20.1. The van der Waals surface area contributed by atoms with Gasteiger partial charge in [-0.25, -0.2) is 0 Å². The standard InChI is InChI=1S/C17H21N3OS/c1-3-12-4-5-13(19-8-12)9-20-7-6-14-15(17(21)18-2)11-22-16(14)10-20/h4-5,8,11H,3,6-7,9-10H2,1-2H3,(H,18,21). The van der Waals surface area contributed by atoms with E-state index >= 15 is 0 Å². The molecule has 2 aromatic rings. The minimum Gasteiger partial charge on any atom is -0.355 e. The minimum absolute atomic E-state index is 0.0303. The smallest absolute Gasteiger partial charge is 0.252 e. The van der Waals surface area contributed by atoms with E-state index in [1.807, 2.05) is 11.6 Å². The van der Waals surface area contributed by atoms with Crippen molar-refractivity contribution in [1.29, 1.82) is 0 Å². The largest absolute Gasteiger partial charge is 0.355 e. The van der Waals surface area contributed by atoms with E-state index in [9.17, 15) is 4.79 Å². The normalized spacial score (nSPS) is 14.6. The molecule has 0 spiro atoms. The first kappa shape index (κ1) is 15.2. The quantitative estimate of drug-likeness (QED) is 0.943. The third-order valence-corrected chi connectivity index (χ3v) is 5.19. The molecule has 1 aliphatic rings. The van der Waals surface area contributed by atoms with E-state index < -0.39 is 0 Å². The summed E-state index contributed by atoms with van der Waals surface area (Å²) >= 11 is 1.69.